The van der Waals surface area contributed by atoms with E-state index < -0.39 is 17.8 Å². The van der Waals surface area contributed by atoms with E-state index in [1.165, 1.54) is 19.2 Å². The summed E-state index contributed by atoms with van der Waals surface area (Å²) in [5.74, 6) is -0.829. The minimum absolute atomic E-state index is 0. The Morgan fingerprint density at radius 2 is 1.69 bits per heavy atom. The van der Waals surface area contributed by atoms with E-state index in [-0.39, 0.29) is 29.6 Å². The van der Waals surface area contributed by atoms with Crippen LogP contribution in [0.4, 0.5) is 26.2 Å². The number of halogens is 2. The Labute approximate surface area is 215 Å². The number of nitrogens with zero attached hydrogens (tertiary/aromatic N) is 2. The highest BCUT2D eigenvalue weighted by atomic mass is 35.5. The summed E-state index contributed by atoms with van der Waals surface area (Å²) in [7, 11) is 1.35. The smallest absolute Gasteiger partial charge is 0.411 e. The second-order valence-electron chi connectivity index (χ2n) is 8.21. The van der Waals surface area contributed by atoms with Crippen molar-refractivity contribution < 1.29 is 23.5 Å². The molecule has 1 aliphatic rings. The largest absolute Gasteiger partial charge is 0.494 e. The highest BCUT2D eigenvalue weighted by molar-refractivity contribution is 6.06. The fourth-order valence-electron chi connectivity index (χ4n) is 3.96. The first kappa shape index (κ1) is 26.7. The summed E-state index contributed by atoms with van der Waals surface area (Å²) in [6.07, 6.45) is 4.80. The second kappa shape index (κ2) is 12.7. The van der Waals surface area contributed by atoms with Gasteiger partial charge in [0, 0.05) is 36.7 Å². The van der Waals surface area contributed by atoms with Crippen molar-refractivity contribution in [1.29, 1.82) is 0 Å². The van der Waals surface area contributed by atoms with Crippen LogP contribution < -0.4 is 20.3 Å². The van der Waals surface area contributed by atoms with Crippen LogP contribution in [0, 0.1) is 11.7 Å². The van der Waals surface area contributed by atoms with E-state index in [0.717, 1.165) is 37.7 Å². The molecular weight excluding hydrogens is 487 g/mol. The van der Waals surface area contributed by atoms with Crippen molar-refractivity contribution in [1.82, 2.24) is 4.98 Å². The summed E-state index contributed by atoms with van der Waals surface area (Å²) < 4.78 is 24.3. The molecule has 2 heterocycles. The Morgan fingerprint density at radius 1 is 1.03 bits per heavy atom. The van der Waals surface area contributed by atoms with E-state index in [1.54, 1.807) is 36.7 Å². The molecule has 3 aromatic rings. The van der Waals surface area contributed by atoms with E-state index in [1.807, 2.05) is 12.1 Å². The number of aromatic nitrogens is 1. The zero-order valence-corrected chi connectivity index (χ0v) is 20.6. The van der Waals surface area contributed by atoms with Gasteiger partial charge in [-0.3, -0.25) is 15.1 Å². The first-order valence-electron chi connectivity index (χ1n) is 11.4. The molecule has 0 unspecified atom stereocenters. The third-order valence-corrected chi connectivity index (χ3v) is 5.92. The van der Waals surface area contributed by atoms with E-state index >= 15 is 0 Å². The highest BCUT2D eigenvalue weighted by Gasteiger charge is 2.21. The summed E-state index contributed by atoms with van der Waals surface area (Å²) in [6.45, 7) is 2.09. The number of benzene rings is 2. The quantitative estimate of drug-likeness (QED) is 0.440. The average Bonchev–Trinajstić information content (AvgIpc) is 2.89. The lowest BCUT2D eigenvalue weighted by Crippen LogP contribution is -2.35. The summed E-state index contributed by atoms with van der Waals surface area (Å²) in [5, 5.41) is 5.38. The number of carbonyl (C=O) groups excluding carboxylic acids is 2. The molecule has 1 aliphatic heterocycles. The summed E-state index contributed by atoms with van der Waals surface area (Å²) in [6, 6.07) is 14.7. The molecule has 1 saturated heterocycles. The van der Waals surface area contributed by atoms with Gasteiger partial charge in [-0.25, -0.2) is 9.18 Å². The monoisotopic (exact) mass is 514 g/mol. The standard InChI is InChI=1S/C26H27FN4O4.ClH/c1-34-24-7-6-19(16-21(24)27)25(32)29-22-4-2-3-5-23(22)30-26(33)35-17-18-10-14-31(15-11-18)20-8-12-28-13-9-20;/h2-9,12-13,16,18H,10-11,14-15,17H2,1H3,(H,29,32)(H,30,33);1H. The van der Waals surface area contributed by atoms with E-state index in [9.17, 15) is 14.0 Å². The van der Waals surface area contributed by atoms with Gasteiger partial charge in [0.25, 0.3) is 5.91 Å². The number of ether oxygens (including phenoxy) is 2. The SMILES string of the molecule is COc1ccc(C(=O)Nc2ccccc2NC(=O)OCC2CCN(c3ccncc3)CC2)cc1F.Cl. The molecule has 0 bridgehead atoms. The Kier molecular flexibility index (Phi) is 9.46. The van der Waals surface area contributed by atoms with Crippen molar-refractivity contribution in [3.63, 3.8) is 0 Å². The minimum Gasteiger partial charge on any atom is -0.494 e. The zero-order valence-electron chi connectivity index (χ0n) is 19.8. The second-order valence-corrected chi connectivity index (χ2v) is 8.21. The summed E-state index contributed by atoms with van der Waals surface area (Å²) in [4.78, 5) is 31.4. The number of amides is 2. The van der Waals surface area contributed by atoms with Crippen LogP contribution in [0.3, 0.4) is 0 Å². The molecule has 2 N–H and O–H groups in total. The van der Waals surface area contributed by atoms with Gasteiger partial charge < -0.3 is 19.7 Å². The Bertz CT molecular complexity index is 1170. The molecule has 4 rings (SSSR count). The zero-order chi connectivity index (χ0) is 24.6. The average molecular weight is 515 g/mol. The van der Waals surface area contributed by atoms with Gasteiger partial charge in [0.05, 0.1) is 25.1 Å². The van der Waals surface area contributed by atoms with Crippen molar-refractivity contribution in [3.8, 4) is 5.75 Å². The van der Waals surface area contributed by atoms with Crippen molar-refractivity contribution in [3.05, 3.63) is 78.4 Å². The molecule has 8 nitrogen and oxygen atoms in total. The number of methoxy groups -OCH3 is 1. The molecule has 10 heteroatoms. The predicted molar refractivity (Wildman–Crippen MR) is 139 cm³/mol. The third kappa shape index (κ3) is 6.85. The molecule has 36 heavy (non-hydrogen) atoms. The van der Waals surface area contributed by atoms with E-state index in [0.29, 0.717) is 18.0 Å². The Balaban J connectivity index is 0.00000361. The summed E-state index contributed by atoms with van der Waals surface area (Å²) >= 11 is 0. The van der Waals surface area contributed by atoms with Crippen LogP contribution in [0.15, 0.2) is 67.0 Å². The first-order chi connectivity index (χ1) is 17.0. The number of anilines is 3. The maximum atomic E-state index is 14.0. The number of piperidine rings is 1. The molecule has 0 saturated carbocycles. The molecule has 2 amide bonds. The van der Waals surface area contributed by atoms with Crippen LogP contribution in [0.2, 0.25) is 0 Å². The molecule has 0 atom stereocenters. The molecular formula is C26H28ClFN4O4. The van der Waals surface area contributed by atoms with Gasteiger partial charge in [-0.05, 0) is 61.2 Å². The van der Waals surface area contributed by atoms with Crippen molar-refractivity contribution >= 4 is 41.5 Å². The fraction of sp³-hybridized carbons (Fsp3) is 0.269. The van der Waals surface area contributed by atoms with Crippen molar-refractivity contribution in [2.45, 2.75) is 12.8 Å². The van der Waals surface area contributed by atoms with Gasteiger partial charge in [0.15, 0.2) is 11.6 Å². The number of carbonyl (C=O) groups is 2. The maximum Gasteiger partial charge on any atom is 0.411 e. The predicted octanol–water partition coefficient (Wildman–Crippen LogP) is 5.37. The number of pyridine rings is 1. The van der Waals surface area contributed by atoms with Gasteiger partial charge in [-0.15, -0.1) is 12.4 Å². The molecule has 2 aromatic carbocycles. The van der Waals surface area contributed by atoms with Crippen LogP contribution in [0.5, 0.6) is 5.75 Å². The summed E-state index contributed by atoms with van der Waals surface area (Å²) in [5.41, 5.74) is 2.02. The van der Waals surface area contributed by atoms with Gasteiger partial charge in [0.2, 0.25) is 0 Å². The topological polar surface area (TPSA) is 92.8 Å². The fourth-order valence-corrected chi connectivity index (χ4v) is 3.96. The molecule has 0 spiro atoms. The normalized spacial score (nSPS) is 13.3. The molecule has 0 radical (unpaired) electrons. The molecule has 190 valence electrons. The molecule has 0 aliphatic carbocycles. The van der Waals surface area contributed by atoms with Crippen LogP contribution >= 0.6 is 12.4 Å². The van der Waals surface area contributed by atoms with Gasteiger partial charge in [-0.2, -0.15) is 0 Å². The first-order valence-corrected chi connectivity index (χ1v) is 11.4. The lowest BCUT2D eigenvalue weighted by molar-refractivity contribution is 0.102. The number of hydrogen-bond donors (Lipinski definition) is 2. The molecule has 1 fully saturated rings. The number of nitrogens with one attached hydrogen (secondary N) is 2. The van der Waals surface area contributed by atoms with Crippen LogP contribution in [-0.2, 0) is 4.74 Å². The van der Waals surface area contributed by atoms with Crippen LogP contribution in [-0.4, -0.2) is 43.8 Å². The minimum atomic E-state index is -0.637. The Hall–Kier alpha value is -3.85. The highest BCUT2D eigenvalue weighted by Crippen LogP contribution is 2.25. The molecule has 1 aromatic heterocycles. The van der Waals surface area contributed by atoms with Gasteiger partial charge in [0.1, 0.15) is 0 Å². The van der Waals surface area contributed by atoms with Crippen LogP contribution in [0.1, 0.15) is 23.2 Å². The van der Waals surface area contributed by atoms with Gasteiger partial charge in [-0.1, -0.05) is 12.1 Å². The van der Waals surface area contributed by atoms with Crippen molar-refractivity contribution in [2.75, 3.05) is 42.3 Å². The maximum absolute atomic E-state index is 14.0. The lowest BCUT2D eigenvalue weighted by Gasteiger charge is -2.33. The number of para-hydroxylation sites is 2. The van der Waals surface area contributed by atoms with E-state index in [4.69, 9.17) is 9.47 Å². The van der Waals surface area contributed by atoms with E-state index in [2.05, 4.69) is 20.5 Å². The number of hydrogen-bond acceptors (Lipinski definition) is 6. The number of rotatable bonds is 7. The lowest BCUT2D eigenvalue weighted by atomic mass is 9.97. The van der Waals surface area contributed by atoms with Crippen LogP contribution in [0.25, 0.3) is 0 Å². The van der Waals surface area contributed by atoms with Gasteiger partial charge >= 0.3 is 6.09 Å². The van der Waals surface area contributed by atoms with Crippen molar-refractivity contribution in [2.24, 2.45) is 5.92 Å². The Morgan fingerprint density at radius 3 is 2.33 bits per heavy atom. The third-order valence-electron chi connectivity index (χ3n) is 5.92.